The Morgan fingerprint density at radius 1 is 1.07 bits per heavy atom. The molecule has 0 aromatic heterocycles. The van der Waals surface area contributed by atoms with Crippen LogP contribution in [-0.2, 0) is 4.79 Å². The predicted molar refractivity (Wildman–Crippen MR) is 117 cm³/mol. The lowest BCUT2D eigenvalue weighted by molar-refractivity contribution is -0.384. The number of carbonyl (C=O) groups excluding carboxylic acids is 1. The first-order valence-electron chi connectivity index (χ1n) is 10.6. The molecule has 4 rings (SSSR count). The number of anilines is 1. The quantitative estimate of drug-likeness (QED) is 0.562. The second-order valence-electron chi connectivity index (χ2n) is 8.33. The van der Waals surface area contributed by atoms with Crippen LogP contribution < -0.4 is 10.2 Å². The summed E-state index contributed by atoms with van der Waals surface area (Å²) in [5, 5.41) is 14.1. The van der Waals surface area contributed by atoms with Crippen molar-refractivity contribution in [3.63, 3.8) is 0 Å². The van der Waals surface area contributed by atoms with Crippen LogP contribution in [0.25, 0.3) is 0 Å². The molecule has 2 aromatic carbocycles. The van der Waals surface area contributed by atoms with E-state index in [-0.39, 0.29) is 22.6 Å². The van der Waals surface area contributed by atoms with Crippen molar-refractivity contribution < 1.29 is 9.72 Å². The standard InChI is InChI=1S/C23H28N4O3/c1-17-2-4-18(5-3-17)23(19-6-7-19)24-22(28)16-25-12-14-26(15-13-25)20-8-10-21(11-9-20)27(29)30/h2-5,8-11,19,23H,6-7,12-16H2,1H3,(H,24,28)/t23-/m1/s1. The highest BCUT2D eigenvalue weighted by Gasteiger charge is 2.33. The summed E-state index contributed by atoms with van der Waals surface area (Å²) in [5.74, 6) is 0.631. The Hall–Kier alpha value is -2.93. The van der Waals surface area contributed by atoms with Crippen LogP contribution in [0.1, 0.15) is 30.0 Å². The molecule has 1 heterocycles. The van der Waals surface area contributed by atoms with Gasteiger partial charge in [0.15, 0.2) is 0 Å². The number of aryl methyl sites for hydroxylation is 1. The van der Waals surface area contributed by atoms with E-state index < -0.39 is 0 Å². The Morgan fingerprint density at radius 3 is 2.27 bits per heavy atom. The van der Waals surface area contributed by atoms with Crippen molar-refractivity contribution in [2.75, 3.05) is 37.6 Å². The molecule has 1 saturated heterocycles. The largest absolute Gasteiger partial charge is 0.369 e. The first kappa shape index (κ1) is 20.3. The van der Waals surface area contributed by atoms with Gasteiger partial charge in [0.1, 0.15) is 0 Å². The van der Waals surface area contributed by atoms with Crippen LogP contribution in [0.4, 0.5) is 11.4 Å². The van der Waals surface area contributed by atoms with Gasteiger partial charge in [0.05, 0.1) is 17.5 Å². The Balaban J connectivity index is 1.28. The van der Waals surface area contributed by atoms with E-state index in [1.165, 1.54) is 36.1 Å². The number of rotatable bonds is 7. The minimum Gasteiger partial charge on any atom is -0.369 e. The lowest BCUT2D eigenvalue weighted by Gasteiger charge is -2.36. The lowest BCUT2D eigenvalue weighted by Crippen LogP contribution is -2.50. The molecule has 1 aliphatic heterocycles. The molecule has 1 amide bonds. The number of benzene rings is 2. The highest BCUT2D eigenvalue weighted by Crippen LogP contribution is 2.41. The molecule has 1 aliphatic carbocycles. The number of amides is 1. The molecule has 7 heteroatoms. The van der Waals surface area contributed by atoms with Gasteiger partial charge in [-0.2, -0.15) is 0 Å². The molecule has 1 atom stereocenters. The van der Waals surface area contributed by atoms with Gasteiger partial charge in [-0.25, -0.2) is 0 Å². The zero-order valence-corrected chi connectivity index (χ0v) is 17.3. The minimum atomic E-state index is -0.383. The number of nitro groups is 1. The molecule has 1 saturated carbocycles. The third-order valence-electron chi connectivity index (χ3n) is 6.01. The van der Waals surface area contributed by atoms with E-state index >= 15 is 0 Å². The second kappa shape index (κ2) is 8.83. The number of non-ortho nitro benzene ring substituents is 1. The first-order chi connectivity index (χ1) is 14.5. The van der Waals surface area contributed by atoms with Gasteiger partial charge in [0.2, 0.25) is 5.91 Å². The maximum Gasteiger partial charge on any atom is 0.269 e. The van der Waals surface area contributed by atoms with Gasteiger partial charge in [-0.3, -0.25) is 19.8 Å². The molecule has 7 nitrogen and oxygen atoms in total. The van der Waals surface area contributed by atoms with Gasteiger partial charge >= 0.3 is 0 Å². The fourth-order valence-corrected chi connectivity index (χ4v) is 4.05. The summed E-state index contributed by atoms with van der Waals surface area (Å²) in [7, 11) is 0. The molecule has 158 valence electrons. The van der Waals surface area contributed by atoms with E-state index in [9.17, 15) is 14.9 Å². The van der Waals surface area contributed by atoms with Crippen LogP contribution in [-0.4, -0.2) is 48.5 Å². The molecular formula is C23H28N4O3. The Morgan fingerprint density at radius 2 is 1.70 bits per heavy atom. The molecule has 0 bridgehead atoms. The molecule has 1 N–H and O–H groups in total. The third-order valence-corrected chi connectivity index (χ3v) is 6.01. The topological polar surface area (TPSA) is 78.7 Å². The van der Waals surface area contributed by atoms with Gasteiger partial charge in [-0.05, 0) is 43.4 Å². The van der Waals surface area contributed by atoms with Crippen molar-refractivity contribution in [3.05, 3.63) is 69.8 Å². The molecular weight excluding hydrogens is 380 g/mol. The minimum absolute atomic E-state index is 0.0799. The van der Waals surface area contributed by atoms with Gasteiger partial charge in [0, 0.05) is 44.0 Å². The van der Waals surface area contributed by atoms with E-state index in [1.807, 2.05) is 0 Å². The van der Waals surface area contributed by atoms with Gasteiger partial charge in [0.25, 0.3) is 5.69 Å². The van der Waals surface area contributed by atoms with Crippen molar-refractivity contribution in [2.45, 2.75) is 25.8 Å². The van der Waals surface area contributed by atoms with Crippen LogP contribution in [0.15, 0.2) is 48.5 Å². The summed E-state index contributed by atoms with van der Waals surface area (Å²) < 4.78 is 0. The first-order valence-corrected chi connectivity index (χ1v) is 10.6. The number of nitro benzene ring substituents is 1. The number of hydrogen-bond donors (Lipinski definition) is 1. The zero-order valence-electron chi connectivity index (χ0n) is 17.3. The summed E-state index contributed by atoms with van der Waals surface area (Å²) in [6.07, 6.45) is 2.35. The maximum atomic E-state index is 12.7. The average molecular weight is 409 g/mol. The van der Waals surface area contributed by atoms with Crippen LogP contribution in [0.3, 0.4) is 0 Å². The van der Waals surface area contributed by atoms with Crippen molar-refractivity contribution in [1.82, 2.24) is 10.2 Å². The highest BCUT2D eigenvalue weighted by molar-refractivity contribution is 5.78. The lowest BCUT2D eigenvalue weighted by atomic mass is 10.0. The van der Waals surface area contributed by atoms with Crippen molar-refractivity contribution in [2.24, 2.45) is 5.92 Å². The summed E-state index contributed by atoms with van der Waals surface area (Å²) >= 11 is 0. The second-order valence-corrected chi connectivity index (χ2v) is 8.33. The van der Waals surface area contributed by atoms with Crippen LogP contribution in [0, 0.1) is 23.0 Å². The molecule has 2 aromatic rings. The molecule has 0 radical (unpaired) electrons. The van der Waals surface area contributed by atoms with Crippen molar-refractivity contribution >= 4 is 17.3 Å². The third kappa shape index (κ3) is 4.97. The fraction of sp³-hybridized carbons (Fsp3) is 0.435. The zero-order chi connectivity index (χ0) is 21.1. The summed E-state index contributed by atoms with van der Waals surface area (Å²) in [6.45, 7) is 5.67. The average Bonchev–Trinajstić information content (AvgIpc) is 3.59. The summed E-state index contributed by atoms with van der Waals surface area (Å²) in [6, 6.07) is 15.2. The number of nitrogens with one attached hydrogen (secondary N) is 1. The fourth-order valence-electron chi connectivity index (χ4n) is 4.05. The van der Waals surface area contributed by atoms with E-state index in [4.69, 9.17) is 0 Å². The summed E-state index contributed by atoms with van der Waals surface area (Å²) in [5.41, 5.74) is 3.51. The smallest absolute Gasteiger partial charge is 0.269 e. The Kier molecular flexibility index (Phi) is 5.99. The highest BCUT2D eigenvalue weighted by atomic mass is 16.6. The van der Waals surface area contributed by atoms with Gasteiger partial charge < -0.3 is 10.2 Å². The van der Waals surface area contributed by atoms with E-state index in [0.717, 1.165) is 31.9 Å². The van der Waals surface area contributed by atoms with E-state index in [2.05, 4.69) is 46.3 Å². The molecule has 30 heavy (non-hydrogen) atoms. The van der Waals surface area contributed by atoms with Crippen molar-refractivity contribution in [3.8, 4) is 0 Å². The number of piperazine rings is 1. The maximum absolute atomic E-state index is 12.7. The molecule has 2 fully saturated rings. The number of hydrogen-bond acceptors (Lipinski definition) is 5. The number of carbonyl (C=O) groups is 1. The van der Waals surface area contributed by atoms with E-state index in [0.29, 0.717) is 12.5 Å². The number of nitrogens with zero attached hydrogens (tertiary/aromatic N) is 3. The van der Waals surface area contributed by atoms with Gasteiger partial charge in [-0.15, -0.1) is 0 Å². The molecule has 2 aliphatic rings. The normalized spacial score (nSPS) is 18.1. The molecule has 0 spiro atoms. The Bertz CT molecular complexity index is 886. The SMILES string of the molecule is Cc1ccc([C@@H](NC(=O)CN2CCN(c3ccc([N+](=O)[O-])cc3)CC2)C2CC2)cc1. The summed E-state index contributed by atoms with van der Waals surface area (Å²) in [4.78, 5) is 27.5. The van der Waals surface area contributed by atoms with Gasteiger partial charge in [-0.1, -0.05) is 29.8 Å². The predicted octanol–water partition coefficient (Wildman–Crippen LogP) is 3.29. The molecule has 0 unspecified atom stereocenters. The Labute approximate surface area is 176 Å². The van der Waals surface area contributed by atoms with Crippen LogP contribution in [0.5, 0.6) is 0 Å². The monoisotopic (exact) mass is 408 g/mol. The van der Waals surface area contributed by atoms with Crippen molar-refractivity contribution in [1.29, 1.82) is 0 Å². The van der Waals surface area contributed by atoms with Crippen LogP contribution in [0.2, 0.25) is 0 Å². The van der Waals surface area contributed by atoms with Crippen LogP contribution >= 0.6 is 0 Å². The van der Waals surface area contributed by atoms with E-state index in [1.54, 1.807) is 12.1 Å².